The summed E-state index contributed by atoms with van der Waals surface area (Å²) in [5.74, 6) is 0. The van der Waals surface area contributed by atoms with Crippen LogP contribution in [0.3, 0.4) is 0 Å². The number of hydrogen-bond donors (Lipinski definition) is 0. The Hall–Kier alpha value is -0.330. The van der Waals surface area contributed by atoms with Crippen molar-refractivity contribution in [3.05, 3.63) is 0 Å². The van der Waals surface area contributed by atoms with Crippen LogP contribution in [-0.4, -0.2) is 67.5 Å². The molecule has 0 aromatic carbocycles. The fraction of sp³-hybridized carbons (Fsp3) is 1.00. The molecule has 2 unspecified atom stereocenters. The lowest BCUT2D eigenvalue weighted by atomic mass is 9.97. The lowest BCUT2D eigenvalue weighted by Gasteiger charge is -2.47. The third kappa shape index (κ3) is 4.61. The molecule has 2 heterocycles. The maximum atomic E-state index is 12.0. The molecular weight excluding hydrogens is 257 g/mol. The number of halogens is 3. The van der Waals surface area contributed by atoms with Crippen LogP contribution in [0.15, 0.2) is 0 Å². The summed E-state index contributed by atoms with van der Waals surface area (Å²) in [7, 11) is 0. The van der Waals surface area contributed by atoms with E-state index < -0.39 is 12.8 Å². The van der Waals surface area contributed by atoms with E-state index in [1.807, 2.05) is 0 Å². The SMILES string of the molecule is CC1CN2CCCCC2CN1CCOCC(F)(F)F. The van der Waals surface area contributed by atoms with Gasteiger partial charge in [-0.05, 0) is 26.3 Å². The average Bonchev–Trinajstić information content (AvgIpc) is 2.33. The van der Waals surface area contributed by atoms with E-state index in [1.165, 1.54) is 25.8 Å². The average molecular weight is 280 g/mol. The molecule has 2 saturated heterocycles. The lowest BCUT2D eigenvalue weighted by molar-refractivity contribution is -0.175. The minimum Gasteiger partial charge on any atom is -0.371 e. The maximum Gasteiger partial charge on any atom is 0.411 e. The molecule has 0 spiro atoms. The normalized spacial score (nSPS) is 30.3. The van der Waals surface area contributed by atoms with E-state index in [4.69, 9.17) is 4.74 Å². The molecule has 0 amide bonds. The monoisotopic (exact) mass is 280 g/mol. The van der Waals surface area contributed by atoms with Crippen LogP contribution in [0, 0.1) is 0 Å². The van der Waals surface area contributed by atoms with Crippen LogP contribution in [0.5, 0.6) is 0 Å². The Morgan fingerprint density at radius 2 is 2.00 bits per heavy atom. The van der Waals surface area contributed by atoms with Crippen LogP contribution in [0.2, 0.25) is 0 Å². The molecule has 0 radical (unpaired) electrons. The first-order chi connectivity index (χ1) is 8.96. The van der Waals surface area contributed by atoms with Gasteiger partial charge in [0.1, 0.15) is 6.61 Å². The summed E-state index contributed by atoms with van der Waals surface area (Å²) < 4.78 is 40.6. The fourth-order valence-corrected chi connectivity index (χ4v) is 3.09. The predicted octanol–water partition coefficient (Wildman–Crippen LogP) is 2.12. The lowest BCUT2D eigenvalue weighted by Crippen LogP contribution is -2.59. The number of alkyl halides is 3. The third-order valence-electron chi connectivity index (χ3n) is 4.10. The van der Waals surface area contributed by atoms with E-state index in [1.54, 1.807) is 0 Å². The van der Waals surface area contributed by atoms with Gasteiger partial charge in [0.2, 0.25) is 0 Å². The predicted molar refractivity (Wildman–Crippen MR) is 67.1 cm³/mol. The minimum atomic E-state index is -4.21. The number of rotatable bonds is 4. The van der Waals surface area contributed by atoms with E-state index in [9.17, 15) is 13.2 Å². The standard InChI is InChI=1S/C13H23F3N2O/c1-11-8-18-5-3-2-4-12(18)9-17(11)6-7-19-10-13(14,15)16/h11-12H,2-10H2,1H3. The number of fused-ring (bicyclic) bond motifs is 1. The third-order valence-corrected chi connectivity index (χ3v) is 4.10. The van der Waals surface area contributed by atoms with Crippen molar-refractivity contribution in [1.82, 2.24) is 9.80 Å². The summed E-state index contributed by atoms with van der Waals surface area (Å²) in [6, 6.07) is 0.997. The van der Waals surface area contributed by atoms with Gasteiger partial charge in [0, 0.05) is 31.7 Å². The second kappa shape index (κ2) is 6.41. The highest BCUT2D eigenvalue weighted by molar-refractivity contribution is 4.88. The molecule has 0 bridgehead atoms. The first-order valence-corrected chi connectivity index (χ1v) is 7.08. The van der Waals surface area contributed by atoms with Crippen molar-refractivity contribution >= 4 is 0 Å². The van der Waals surface area contributed by atoms with Gasteiger partial charge in [-0.1, -0.05) is 6.42 Å². The molecule has 0 aromatic rings. The molecule has 2 atom stereocenters. The van der Waals surface area contributed by atoms with Crippen LogP contribution >= 0.6 is 0 Å². The van der Waals surface area contributed by atoms with Gasteiger partial charge in [-0.15, -0.1) is 0 Å². The number of ether oxygens (including phenoxy) is 1. The number of hydrogen-bond acceptors (Lipinski definition) is 3. The quantitative estimate of drug-likeness (QED) is 0.734. The maximum absolute atomic E-state index is 12.0. The molecule has 2 rings (SSSR count). The molecule has 3 nitrogen and oxygen atoms in total. The Morgan fingerprint density at radius 3 is 2.74 bits per heavy atom. The van der Waals surface area contributed by atoms with Crippen LogP contribution in [-0.2, 0) is 4.74 Å². The van der Waals surface area contributed by atoms with Gasteiger partial charge in [0.25, 0.3) is 0 Å². The Labute approximate surface area is 112 Å². The Balaban J connectivity index is 1.71. The number of nitrogens with zero attached hydrogens (tertiary/aromatic N) is 2. The van der Waals surface area contributed by atoms with E-state index in [0.29, 0.717) is 18.6 Å². The highest BCUT2D eigenvalue weighted by Crippen LogP contribution is 2.23. The van der Waals surface area contributed by atoms with Crippen LogP contribution in [0.25, 0.3) is 0 Å². The van der Waals surface area contributed by atoms with Gasteiger partial charge in [-0.2, -0.15) is 13.2 Å². The van der Waals surface area contributed by atoms with Crippen molar-refractivity contribution in [2.45, 2.75) is 44.4 Å². The first kappa shape index (κ1) is 15.1. The Bertz CT molecular complexity index is 286. The van der Waals surface area contributed by atoms with E-state index in [0.717, 1.165) is 13.1 Å². The fourth-order valence-electron chi connectivity index (χ4n) is 3.09. The summed E-state index contributed by atoms with van der Waals surface area (Å²) >= 11 is 0. The number of piperidine rings is 1. The topological polar surface area (TPSA) is 15.7 Å². The summed E-state index contributed by atoms with van der Waals surface area (Å²) in [6.45, 7) is 4.95. The van der Waals surface area contributed by atoms with Crippen LogP contribution in [0.4, 0.5) is 13.2 Å². The summed E-state index contributed by atoms with van der Waals surface area (Å²) in [4.78, 5) is 4.80. The van der Waals surface area contributed by atoms with Crippen LogP contribution in [0.1, 0.15) is 26.2 Å². The molecule has 0 aromatic heterocycles. The number of piperazine rings is 1. The molecule has 2 aliphatic heterocycles. The second-order valence-electron chi connectivity index (χ2n) is 5.66. The molecule has 2 fully saturated rings. The minimum absolute atomic E-state index is 0.163. The van der Waals surface area contributed by atoms with Gasteiger partial charge >= 0.3 is 6.18 Å². The van der Waals surface area contributed by atoms with Gasteiger partial charge in [-0.25, -0.2) is 0 Å². The largest absolute Gasteiger partial charge is 0.411 e. The highest BCUT2D eigenvalue weighted by atomic mass is 19.4. The molecule has 2 aliphatic rings. The van der Waals surface area contributed by atoms with Crippen LogP contribution < -0.4 is 0 Å². The zero-order valence-corrected chi connectivity index (χ0v) is 11.5. The molecule has 19 heavy (non-hydrogen) atoms. The van der Waals surface area contributed by atoms with E-state index >= 15 is 0 Å². The molecule has 0 saturated carbocycles. The summed E-state index contributed by atoms with van der Waals surface area (Å²) in [5.41, 5.74) is 0. The van der Waals surface area contributed by atoms with Crippen molar-refractivity contribution in [3.63, 3.8) is 0 Å². The van der Waals surface area contributed by atoms with Gasteiger partial charge in [0.15, 0.2) is 0 Å². The summed E-state index contributed by atoms with van der Waals surface area (Å²) in [6.07, 6.45) is -0.452. The Morgan fingerprint density at radius 1 is 1.21 bits per heavy atom. The van der Waals surface area contributed by atoms with Gasteiger partial charge in [-0.3, -0.25) is 9.80 Å². The molecule has 6 heteroatoms. The molecule has 0 N–H and O–H groups in total. The van der Waals surface area contributed by atoms with E-state index in [2.05, 4.69) is 16.7 Å². The van der Waals surface area contributed by atoms with Crippen molar-refractivity contribution in [2.75, 3.05) is 39.4 Å². The van der Waals surface area contributed by atoms with Gasteiger partial charge < -0.3 is 4.74 Å². The molecule has 0 aliphatic carbocycles. The van der Waals surface area contributed by atoms with E-state index in [-0.39, 0.29) is 6.61 Å². The highest BCUT2D eigenvalue weighted by Gasteiger charge is 2.33. The Kier molecular flexibility index (Phi) is 5.09. The summed E-state index contributed by atoms with van der Waals surface area (Å²) in [5, 5.41) is 0. The zero-order chi connectivity index (χ0) is 13.9. The second-order valence-corrected chi connectivity index (χ2v) is 5.66. The van der Waals surface area contributed by atoms with Gasteiger partial charge in [0.05, 0.1) is 6.61 Å². The zero-order valence-electron chi connectivity index (χ0n) is 11.5. The molecule has 112 valence electrons. The van der Waals surface area contributed by atoms with Crippen molar-refractivity contribution in [1.29, 1.82) is 0 Å². The van der Waals surface area contributed by atoms with Crippen molar-refractivity contribution < 1.29 is 17.9 Å². The molecular formula is C13H23F3N2O. The van der Waals surface area contributed by atoms with Crippen molar-refractivity contribution in [2.24, 2.45) is 0 Å². The van der Waals surface area contributed by atoms with Crippen molar-refractivity contribution in [3.8, 4) is 0 Å². The smallest absolute Gasteiger partial charge is 0.371 e. The first-order valence-electron chi connectivity index (χ1n) is 7.08.